The molecule has 2 heterocycles. The van der Waals surface area contributed by atoms with Crippen molar-refractivity contribution in [3.63, 3.8) is 0 Å². The first-order chi connectivity index (χ1) is 10.1. The number of benzene rings is 1. The monoisotopic (exact) mass is 286 g/mol. The van der Waals surface area contributed by atoms with E-state index in [-0.39, 0.29) is 24.1 Å². The number of carbonyl (C=O) groups is 1. The van der Waals surface area contributed by atoms with Crippen LogP contribution >= 0.6 is 0 Å². The number of hydrogen-bond acceptors (Lipinski definition) is 5. The molecule has 3 rings (SSSR count). The highest BCUT2D eigenvalue weighted by Crippen LogP contribution is 2.36. The maximum Gasteiger partial charge on any atom is 0.231 e. The smallest absolute Gasteiger partial charge is 0.231 e. The molecule has 0 atom stereocenters. The molecule has 1 aliphatic rings. The van der Waals surface area contributed by atoms with E-state index >= 15 is 0 Å². The molecular weight excluding hydrogens is 272 g/mol. The van der Waals surface area contributed by atoms with Crippen molar-refractivity contribution in [3.05, 3.63) is 53.5 Å². The predicted octanol–water partition coefficient (Wildman–Crippen LogP) is 3.09. The molecule has 21 heavy (non-hydrogen) atoms. The summed E-state index contributed by atoms with van der Waals surface area (Å²) < 4.78 is 16.3. The maximum atomic E-state index is 10.9. The van der Waals surface area contributed by atoms with Gasteiger partial charge in [0.15, 0.2) is 28.8 Å². The molecule has 0 aliphatic carbocycles. The zero-order valence-corrected chi connectivity index (χ0v) is 11.5. The SMILES string of the molecule is CC(=O)C=C(O)c1ccc(Cc2cccc3c2OCO3)o1. The third-order valence-electron chi connectivity index (χ3n) is 3.10. The molecule has 0 spiro atoms. The van der Waals surface area contributed by atoms with Crippen LogP contribution in [-0.2, 0) is 11.2 Å². The van der Waals surface area contributed by atoms with Gasteiger partial charge in [0.2, 0.25) is 6.79 Å². The Hall–Kier alpha value is -2.69. The zero-order chi connectivity index (χ0) is 14.8. The minimum atomic E-state index is -0.239. The van der Waals surface area contributed by atoms with E-state index in [0.29, 0.717) is 12.2 Å². The third-order valence-corrected chi connectivity index (χ3v) is 3.10. The van der Waals surface area contributed by atoms with Gasteiger partial charge in [-0.2, -0.15) is 0 Å². The molecule has 0 bridgehead atoms. The van der Waals surface area contributed by atoms with Gasteiger partial charge in [-0.25, -0.2) is 0 Å². The summed E-state index contributed by atoms with van der Waals surface area (Å²) in [5, 5.41) is 9.73. The number of para-hydroxylation sites is 1. The summed E-state index contributed by atoms with van der Waals surface area (Å²) in [6, 6.07) is 9.06. The van der Waals surface area contributed by atoms with Gasteiger partial charge in [0.05, 0.1) is 0 Å². The van der Waals surface area contributed by atoms with Crippen molar-refractivity contribution in [3.8, 4) is 11.5 Å². The lowest BCUT2D eigenvalue weighted by atomic mass is 10.1. The Morgan fingerprint density at radius 3 is 2.95 bits per heavy atom. The standard InChI is InChI=1S/C16H14O5/c1-10(17)7-13(18)14-6-5-12(21-14)8-11-3-2-4-15-16(11)20-9-19-15/h2-7,18H,8-9H2,1H3. The lowest BCUT2D eigenvalue weighted by Crippen LogP contribution is -1.94. The molecule has 108 valence electrons. The molecule has 0 amide bonds. The molecule has 0 radical (unpaired) electrons. The van der Waals surface area contributed by atoms with Crippen molar-refractivity contribution < 1.29 is 23.8 Å². The van der Waals surface area contributed by atoms with E-state index in [4.69, 9.17) is 13.9 Å². The number of carbonyl (C=O) groups excluding carboxylic acids is 1. The van der Waals surface area contributed by atoms with Gasteiger partial charge >= 0.3 is 0 Å². The van der Waals surface area contributed by atoms with Crippen molar-refractivity contribution in [1.29, 1.82) is 0 Å². The van der Waals surface area contributed by atoms with Gasteiger partial charge in [-0.3, -0.25) is 4.79 Å². The second-order valence-corrected chi connectivity index (χ2v) is 4.73. The number of ether oxygens (including phenoxy) is 2. The fourth-order valence-corrected chi connectivity index (χ4v) is 2.19. The fraction of sp³-hybridized carbons (Fsp3) is 0.188. The average molecular weight is 286 g/mol. The summed E-state index contributed by atoms with van der Waals surface area (Å²) in [6.07, 6.45) is 1.64. The summed E-state index contributed by atoms with van der Waals surface area (Å²) in [5.41, 5.74) is 0.945. The Labute approximate surface area is 121 Å². The zero-order valence-electron chi connectivity index (χ0n) is 11.5. The molecule has 1 N–H and O–H groups in total. The van der Waals surface area contributed by atoms with Crippen molar-refractivity contribution in [2.45, 2.75) is 13.3 Å². The number of fused-ring (bicyclic) bond motifs is 1. The lowest BCUT2D eigenvalue weighted by Gasteiger charge is -2.03. The molecular formula is C16H14O5. The Kier molecular flexibility index (Phi) is 3.39. The molecule has 0 fully saturated rings. The first-order valence-corrected chi connectivity index (χ1v) is 6.51. The summed E-state index contributed by atoms with van der Waals surface area (Å²) in [6.45, 7) is 1.59. The van der Waals surface area contributed by atoms with Crippen LogP contribution in [0.15, 0.2) is 40.8 Å². The predicted molar refractivity (Wildman–Crippen MR) is 75.4 cm³/mol. The largest absolute Gasteiger partial charge is 0.504 e. The van der Waals surface area contributed by atoms with Crippen molar-refractivity contribution in [1.82, 2.24) is 0 Å². The second kappa shape index (κ2) is 5.36. The van der Waals surface area contributed by atoms with E-state index in [2.05, 4.69) is 0 Å². The van der Waals surface area contributed by atoms with Crippen LogP contribution in [0, 0.1) is 0 Å². The van der Waals surface area contributed by atoms with Gasteiger partial charge in [0.1, 0.15) is 5.76 Å². The summed E-state index contributed by atoms with van der Waals surface area (Å²) in [5.74, 6) is 1.96. The summed E-state index contributed by atoms with van der Waals surface area (Å²) >= 11 is 0. The normalized spacial score (nSPS) is 13.5. The summed E-state index contributed by atoms with van der Waals surface area (Å²) in [4.78, 5) is 10.9. The molecule has 5 nitrogen and oxygen atoms in total. The van der Waals surface area contributed by atoms with Crippen LogP contribution in [0.2, 0.25) is 0 Å². The van der Waals surface area contributed by atoms with Crippen LogP contribution < -0.4 is 9.47 Å². The highest BCUT2D eigenvalue weighted by atomic mass is 16.7. The number of allylic oxidation sites excluding steroid dienone is 1. The van der Waals surface area contributed by atoms with Gasteiger partial charge in [0, 0.05) is 18.1 Å². The van der Waals surface area contributed by atoms with Crippen molar-refractivity contribution in [2.24, 2.45) is 0 Å². The Morgan fingerprint density at radius 2 is 2.14 bits per heavy atom. The first kappa shape index (κ1) is 13.3. The van der Waals surface area contributed by atoms with Crippen LogP contribution in [0.5, 0.6) is 11.5 Å². The van der Waals surface area contributed by atoms with Gasteiger partial charge in [-0.15, -0.1) is 0 Å². The number of hydrogen-bond donors (Lipinski definition) is 1. The fourth-order valence-electron chi connectivity index (χ4n) is 2.19. The molecule has 5 heteroatoms. The lowest BCUT2D eigenvalue weighted by molar-refractivity contribution is -0.112. The van der Waals surface area contributed by atoms with E-state index in [1.165, 1.54) is 6.92 Å². The number of ketones is 1. The molecule has 0 unspecified atom stereocenters. The molecule has 0 saturated carbocycles. The number of aliphatic hydroxyl groups is 1. The maximum absolute atomic E-state index is 10.9. The Morgan fingerprint density at radius 1 is 1.29 bits per heavy atom. The first-order valence-electron chi connectivity index (χ1n) is 6.51. The van der Waals surface area contributed by atoms with E-state index in [1.807, 2.05) is 18.2 Å². The van der Waals surface area contributed by atoms with E-state index in [0.717, 1.165) is 23.1 Å². The van der Waals surface area contributed by atoms with Crippen LogP contribution in [0.1, 0.15) is 24.0 Å². The Bertz CT molecular complexity index is 711. The van der Waals surface area contributed by atoms with Crippen molar-refractivity contribution in [2.75, 3.05) is 6.79 Å². The number of furan rings is 1. The van der Waals surface area contributed by atoms with E-state index < -0.39 is 0 Å². The average Bonchev–Trinajstić information content (AvgIpc) is 3.06. The van der Waals surface area contributed by atoms with Gasteiger partial charge in [-0.05, 0) is 25.1 Å². The van der Waals surface area contributed by atoms with Gasteiger partial charge < -0.3 is 19.0 Å². The van der Waals surface area contributed by atoms with E-state index in [1.54, 1.807) is 12.1 Å². The molecule has 1 aromatic carbocycles. The van der Waals surface area contributed by atoms with Crippen LogP contribution in [0.3, 0.4) is 0 Å². The molecule has 0 saturated heterocycles. The van der Waals surface area contributed by atoms with Gasteiger partial charge in [-0.1, -0.05) is 12.1 Å². The third kappa shape index (κ3) is 2.76. The molecule has 1 aromatic heterocycles. The summed E-state index contributed by atoms with van der Waals surface area (Å²) in [7, 11) is 0. The van der Waals surface area contributed by atoms with E-state index in [9.17, 15) is 9.90 Å². The minimum absolute atomic E-state index is 0.174. The molecule has 2 aromatic rings. The van der Waals surface area contributed by atoms with Crippen LogP contribution in [-0.4, -0.2) is 17.7 Å². The highest BCUT2D eigenvalue weighted by molar-refractivity contribution is 5.92. The Balaban J connectivity index is 1.82. The van der Waals surface area contributed by atoms with Gasteiger partial charge in [0.25, 0.3) is 0 Å². The van der Waals surface area contributed by atoms with Crippen molar-refractivity contribution >= 4 is 11.5 Å². The molecule has 1 aliphatic heterocycles. The number of rotatable bonds is 4. The highest BCUT2D eigenvalue weighted by Gasteiger charge is 2.18. The topological polar surface area (TPSA) is 68.9 Å². The van der Waals surface area contributed by atoms with Crippen LogP contribution in [0.25, 0.3) is 5.76 Å². The second-order valence-electron chi connectivity index (χ2n) is 4.73. The number of aliphatic hydroxyl groups excluding tert-OH is 1. The minimum Gasteiger partial charge on any atom is -0.504 e. The van der Waals surface area contributed by atoms with Crippen LogP contribution in [0.4, 0.5) is 0 Å². The quantitative estimate of drug-likeness (QED) is 0.691.